The summed E-state index contributed by atoms with van der Waals surface area (Å²) in [7, 11) is 0. The first kappa shape index (κ1) is 21.3. The zero-order valence-electron chi connectivity index (χ0n) is 17.3. The van der Waals surface area contributed by atoms with E-state index in [0.29, 0.717) is 5.69 Å². The molecule has 0 aliphatic rings. The van der Waals surface area contributed by atoms with Crippen molar-refractivity contribution < 1.29 is 23.8 Å². The van der Waals surface area contributed by atoms with Crippen LogP contribution in [0.5, 0.6) is 0 Å². The van der Waals surface area contributed by atoms with Crippen LogP contribution >= 0.6 is 0 Å². The van der Waals surface area contributed by atoms with E-state index in [9.17, 15) is 9.59 Å². The van der Waals surface area contributed by atoms with E-state index in [-0.39, 0.29) is 18.1 Å². The van der Waals surface area contributed by atoms with Gasteiger partial charge in [-0.2, -0.15) is 0 Å². The number of pyridine rings is 1. The fourth-order valence-corrected chi connectivity index (χ4v) is 2.66. The van der Waals surface area contributed by atoms with E-state index in [4.69, 9.17) is 14.2 Å². The van der Waals surface area contributed by atoms with Crippen molar-refractivity contribution >= 4 is 34.7 Å². The van der Waals surface area contributed by atoms with Gasteiger partial charge >= 0.3 is 12.4 Å². The Kier molecular flexibility index (Phi) is 6.37. The van der Waals surface area contributed by atoms with Crippen molar-refractivity contribution in [3.05, 3.63) is 54.5 Å². The van der Waals surface area contributed by atoms with E-state index in [2.05, 4.69) is 15.3 Å². The highest BCUT2D eigenvalue weighted by molar-refractivity contribution is 6.07. The smallest absolute Gasteiger partial charge is 0.365 e. The molecule has 1 aromatic carbocycles. The van der Waals surface area contributed by atoms with Crippen molar-refractivity contribution in [2.24, 2.45) is 5.92 Å². The number of carbonyl (C=O) groups excluding carboxylic acids is 2. The summed E-state index contributed by atoms with van der Waals surface area (Å²) < 4.78 is 16.0. The van der Waals surface area contributed by atoms with Gasteiger partial charge in [0.1, 0.15) is 5.69 Å². The van der Waals surface area contributed by atoms with Gasteiger partial charge in [0.2, 0.25) is 0 Å². The summed E-state index contributed by atoms with van der Waals surface area (Å²) in [5.74, 6) is -0.639. The number of aromatic nitrogens is 2. The average molecular weight is 411 g/mol. The lowest BCUT2D eigenvalue weighted by Crippen LogP contribution is -2.39. The van der Waals surface area contributed by atoms with E-state index in [1.807, 2.05) is 52.0 Å². The number of para-hydroxylation sites is 1. The Morgan fingerprint density at radius 2 is 1.87 bits per heavy atom. The molecule has 0 aliphatic carbocycles. The maximum Gasteiger partial charge on any atom is 0.365 e. The molecule has 0 spiro atoms. The van der Waals surface area contributed by atoms with Crippen LogP contribution in [0.3, 0.4) is 0 Å². The molecule has 2 heterocycles. The molecule has 0 saturated carbocycles. The fraction of sp³-hybridized carbons (Fsp3) is 0.318. The maximum absolute atomic E-state index is 13.0. The zero-order valence-corrected chi connectivity index (χ0v) is 17.3. The maximum atomic E-state index is 13.0. The third-order valence-electron chi connectivity index (χ3n) is 5.02. The van der Waals surface area contributed by atoms with Crippen LogP contribution in [0, 0.1) is 5.92 Å². The number of esters is 1. The number of ether oxygens (including phenoxy) is 3. The standard InChI is InChI=1S/C22H25N3O5/c1-14(2)22(3,4)30-21(28-13-26)29-20(27)19-18(24-15-9-11-23-12-10-15)16-7-5-6-8-17(16)25-19/h5-14,21,25H,1-4H3,(H,23,24). The summed E-state index contributed by atoms with van der Waals surface area (Å²) in [6, 6.07) is 11.0. The first-order valence-electron chi connectivity index (χ1n) is 9.57. The number of fused-ring (bicyclic) bond motifs is 1. The number of anilines is 2. The summed E-state index contributed by atoms with van der Waals surface area (Å²) in [4.78, 5) is 31.0. The molecular formula is C22H25N3O5. The molecule has 8 heteroatoms. The minimum absolute atomic E-state index is 0.0888. The summed E-state index contributed by atoms with van der Waals surface area (Å²) >= 11 is 0. The van der Waals surface area contributed by atoms with Gasteiger partial charge in [-0.05, 0) is 38.0 Å². The third kappa shape index (κ3) is 4.77. The number of hydrogen-bond donors (Lipinski definition) is 2. The van der Waals surface area contributed by atoms with E-state index in [0.717, 1.165) is 16.6 Å². The SMILES string of the molecule is CC(C)C(C)(C)OC(OC=O)OC(=O)c1[nH]c2ccccc2c1Nc1ccncc1. The molecule has 0 fully saturated rings. The second kappa shape index (κ2) is 8.96. The quantitative estimate of drug-likeness (QED) is 0.306. The van der Waals surface area contributed by atoms with Gasteiger partial charge in [0, 0.05) is 29.0 Å². The van der Waals surface area contributed by atoms with E-state index in [1.165, 1.54) is 0 Å². The number of benzene rings is 1. The van der Waals surface area contributed by atoms with Crippen molar-refractivity contribution in [2.75, 3.05) is 5.32 Å². The number of hydrogen-bond acceptors (Lipinski definition) is 7. The number of nitrogens with zero attached hydrogens (tertiary/aromatic N) is 1. The number of nitrogens with one attached hydrogen (secondary N) is 2. The summed E-state index contributed by atoms with van der Waals surface area (Å²) in [6.45, 7) is 6.27. The van der Waals surface area contributed by atoms with Crippen molar-refractivity contribution in [2.45, 2.75) is 39.8 Å². The van der Waals surface area contributed by atoms with Gasteiger partial charge in [-0.25, -0.2) is 4.79 Å². The van der Waals surface area contributed by atoms with Gasteiger partial charge in [0.25, 0.3) is 6.47 Å². The van der Waals surface area contributed by atoms with Crippen molar-refractivity contribution in [1.29, 1.82) is 0 Å². The minimum Gasteiger partial charge on any atom is -0.403 e. The molecule has 1 unspecified atom stereocenters. The molecule has 0 aliphatic heterocycles. The lowest BCUT2D eigenvalue weighted by Gasteiger charge is -2.32. The predicted molar refractivity (Wildman–Crippen MR) is 112 cm³/mol. The highest BCUT2D eigenvalue weighted by Gasteiger charge is 2.31. The second-order valence-corrected chi connectivity index (χ2v) is 7.58. The van der Waals surface area contributed by atoms with Gasteiger partial charge in [-0.3, -0.25) is 9.78 Å². The van der Waals surface area contributed by atoms with Gasteiger partial charge in [-0.1, -0.05) is 32.0 Å². The van der Waals surface area contributed by atoms with E-state index >= 15 is 0 Å². The monoisotopic (exact) mass is 411 g/mol. The van der Waals surface area contributed by atoms with Crippen molar-refractivity contribution in [3.63, 3.8) is 0 Å². The number of H-pyrrole nitrogens is 1. The van der Waals surface area contributed by atoms with Crippen LogP contribution in [0.25, 0.3) is 10.9 Å². The van der Waals surface area contributed by atoms with Crippen LogP contribution in [0.4, 0.5) is 11.4 Å². The molecule has 0 amide bonds. The van der Waals surface area contributed by atoms with Crippen LogP contribution in [0.15, 0.2) is 48.8 Å². The Bertz CT molecular complexity index is 1010. The zero-order chi connectivity index (χ0) is 21.7. The topological polar surface area (TPSA) is 103 Å². The molecule has 1 atom stereocenters. The molecule has 2 N–H and O–H groups in total. The van der Waals surface area contributed by atoms with E-state index < -0.39 is 18.0 Å². The molecule has 30 heavy (non-hydrogen) atoms. The predicted octanol–water partition coefficient (Wildman–Crippen LogP) is 4.37. The molecule has 3 rings (SSSR count). The Balaban J connectivity index is 1.91. The molecule has 2 aromatic heterocycles. The third-order valence-corrected chi connectivity index (χ3v) is 5.02. The lowest BCUT2D eigenvalue weighted by atomic mass is 9.95. The van der Waals surface area contributed by atoms with Gasteiger partial charge in [0.15, 0.2) is 0 Å². The number of rotatable bonds is 9. The minimum atomic E-state index is -1.48. The van der Waals surface area contributed by atoms with Crippen LogP contribution in [-0.2, 0) is 19.0 Å². The Morgan fingerprint density at radius 3 is 2.53 bits per heavy atom. The van der Waals surface area contributed by atoms with Crippen molar-refractivity contribution in [1.82, 2.24) is 9.97 Å². The Morgan fingerprint density at radius 1 is 1.17 bits per heavy atom. The number of aromatic amines is 1. The molecule has 0 radical (unpaired) electrons. The van der Waals surface area contributed by atoms with Crippen LogP contribution in [0.1, 0.15) is 38.2 Å². The van der Waals surface area contributed by atoms with Gasteiger partial charge < -0.3 is 24.5 Å². The highest BCUT2D eigenvalue weighted by Crippen LogP contribution is 2.31. The van der Waals surface area contributed by atoms with Crippen LogP contribution < -0.4 is 5.32 Å². The molecule has 158 valence electrons. The molecule has 0 saturated heterocycles. The van der Waals surface area contributed by atoms with Crippen molar-refractivity contribution in [3.8, 4) is 0 Å². The first-order valence-corrected chi connectivity index (χ1v) is 9.57. The largest absolute Gasteiger partial charge is 0.403 e. The van der Waals surface area contributed by atoms with Crippen LogP contribution in [-0.4, -0.2) is 34.5 Å². The summed E-state index contributed by atoms with van der Waals surface area (Å²) in [5, 5.41) is 4.03. The summed E-state index contributed by atoms with van der Waals surface area (Å²) in [5.41, 5.74) is 1.53. The normalized spacial score (nSPS) is 12.6. The fourth-order valence-electron chi connectivity index (χ4n) is 2.66. The number of carbonyl (C=O) groups is 2. The molecule has 0 bridgehead atoms. The van der Waals surface area contributed by atoms with E-state index in [1.54, 1.807) is 24.5 Å². The highest BCUT2D eigenvalue weighted by atomic mass is 16.9. The van der Waals surface area contributed by atoms with Gasteiger partial charge in [0.05, 0.1) is 11.3 Å². The lowest BCUT2D eigenvalue weighted by molar-refractivity contribution is -0.288. The van der Waals surface area contributed by atoms with Crippen LogP contribution in [0.2, 0.25) is 0 Å². The van der Waals surface area contributed by atoms with Gasteiger partial charge in [-0.15, -0.1) is 0 Å². The second-order valence-electron chi connectivity index (χ2n) is 7.58. The average Bonchev–Trinajstić information content (AvgIpc) is 3.07. The first-order chi connectivity index (χ1) is 14.3. The Labute approximate surface area is 174 Å². The Hall–Kier alpha value is -3.39. The molecule has 8 nitrogen and oxygen atoms in total. The summed E-state index contributed by atoms with van der Waals surface area (Å²) in [6.07, 6.45) is 3.29. The molecule has 3 aromatic rings. The molecular weight excluding hydrogens is 386 g/mol.